The van der Waals surface area contributed by atoms with E-state index in [4.69, 9.17) is 23.7 Å². The Morgan fingerprint density at radius 3 is 2.18 bits per heavy atom. The summed E-state index contributed by atoms with van der Waals surface area (Å²) in [7, 11) is 6.07. The van der Waals surface area contributed by atoms with E-state index >= 15 is 0 Å². The Morgan fingerprint density at radius 2 is 1.56 bits per heavy atom. The lowest BCUT2D eigenvalue weighted by Gasteiger charge is -2.20. The van der Waals surface area contributed by atoms with Gasteiger partial charge in [-0.05, 0) is 78.9 Å². The molecule has 204 valence electrons. The number of hydrogen-bond acceptors (Lipinski definition) is 8. The van der Waals surface area contributed by atoms with Crippen LogP contribution < -0.4 is 34.4 Å². The lowest BCUT2D eigenvalue weighted by molar-refractivity contribution is -0.123. The second-order valence-corrected chi connectivity index (χ2v) is 8.99. The topological polar surface area (TPSA) is 109 Å². The van der Waals surface area contributed by atoms with E-state index in [1.165, 1.54) is 27.2 Å². The van der Waals surface area contributed by atoms with Crippen molar-refractivity contribution in [2.75, 3.05) is 35.0 Å². The Kier molecular flexibility index (Phi) is 8.39. The molecule has 3 aromatic carbocycles. The van der Waals surface area contributed by atoms with Gasteiger partial charge in [0.1, 0.15) is 5.75 Å². The van der Waals surface area contributed by atoms with E-state index in [1.807, 2.05) is 6.07 Å². The maximum atomic E-state index is 13.0. The third kappa shape index (κ3) is 5.67. The number of amides is 1. The van der Waals surface area contributed by atoms with E-state index in [9.17, 15) is 14.4 Å². The fourth-order valence-electron chi connectivity index (χ4n) is 4.79. The lowest BCUT2D eigenvalue weighted by atomic mass is 9.95. The summed E-state index contributed by atoms with van der Waals surface area (Å²) in [5, 5.41) is 3.02. The van der Waals surface area contributed by atoms with Crippen molar-refractivity contribution >= 4 is 11.7 Å². The van der Waals surface area contributed by atoms with Crippen LogP contribution in [0.15, 0.2) is 53.3 Å². The predicted molar refractivity (Wildman–Crippen MR) is 146 cm³/mol. The third-order valence-electron chi connectivity index (χ3n) is 6.69. The van der Waals surface area contributed by atoms with E-state index in [2.05, 4.69) is 5.32 Å². The number of hydrogen-bond donors (Lipinski definition) is 1. The molecule has 4 rings (SSSR count). The Labute approximate surface area is 226 Å². The van der Waals surface area contributed by atoms with Crippen LogP contribution in [0.2, 0.25) is 0 Å². The molecule has 0 aliphatic heterocycles. The summed E-state index contributed by atoms with van der Waals surface area (Å²) in [6, 6.07) is 12.9. The number of carbonyl (C=O) groups is 2. The van der Waals surface area contributed by atoms with E-state index < -0.39 is 6.04 Å². The quantitative estimate of drug-likeness (QED) is 0.409. The van der Waals surface area contributed by atoms with E-state index in [1.54, 1.807) is 50.6 Å². The number of ether oxygens (including phenoxy) is 5. The smallest absolute Gasteiger partial charge is 0.258 e. The van der Waals surface area contributed by atoms with Crippen LogP contribution in [0.1, 0.15) is 40.9 Å². The van der Waals surface area contributed by atoms with Gasteiger partial charge in [0.15, 0.2) is 29.6 Å². The van der Waals surface area contributed by atoms with Gasteiger partial charge in [-0.3, -0.25) is 14.4 Å². The summed E-state index contributed by atoms with van der Waals surface area (Å²) in [5.74, 6) is 1.63. The highest BCUT2D eigenvalue weighted by Crippen LogP contribution is 2.50. The zero-order chi connectivity index (χ0) is 28.1. The van der Waals surface area contributed by atoms with Crippen molar-refractivity contribution in [2.24, 2.45) is 0 Å². The Balaban J connectivity index is 1.72. The van der Waals surface area contributed by atoms with Crippen LogP contribution >= 0.6 is 0 Å². The monoisotopic (exact) mass is 533 g/mol. The Hall–Kier alpha value is -4.53. The maximum Gasteiger partial charge on any atom is 0.258 e. The van der Waals surface area contributed by atoms with Gasteiger partial charge in [-0.2, -0.15) is 0 Å². The van der Waals surface area contributed by atoms with Gasteiger partial charge >= 0.3 is 0 Å². The standard InChI is InChI=1S/C30H31NO8/c1-17(32)18-6-9-20(10-7-18)39-16-27(34)31-23-12-8-19-14-26(36-3)29(37-4)30(38-5)28(19)21-11-13-25(35-2)24(33)15-22(21)23/h6-7,9-11,13-15,23H,8,12,16H2,1-5H3,(H,31,34)/t23-/m0/s1. The summed E-state index contributed by atoms with van der Waals surface area (Å²) >= 11 is 0. The van der Waals surface area contributed by atoms with Crippen LogP contribution in [0.4, 0.5) is 0 Å². The molecule has 9 nitrogen and oxygen atoms in total. The second kappa shape index (κ2) is 11.9. The Bertz CT molecular complexity index is 1450. The number of Topliss-reactive ketones (excluding diaryl/α,β-unsaturated/α-hetero) is 1. The molecule has 9 heteroatoms. The summed E-state index contributed by atoms with van der Waals surface area (Å²) in [5.41, 5.74) is 3.23. The molecule has 0 unspecified atom stereocenters. The zero-order valence-corrected chi connectivity index (χ0v) is 22.6. The lowest BCUT2D eigenvalue weighted by Crippen LogP contribution is -2.33. The van der Waals surface area contributed by atoms with Crippen molar-refractivity contribution in [1.29, 1.82) is 0 Å². The molecule has 1 aliphatic carbocycles. The van der Waals surface area contributed by atoms with Gasteiger partial charge in [0.25, 0.3) is 5.91 Å². The summed E-state index contributed by atoms with van der Waals surface area (Å²) in [6.45, 7) is 1.24. The van der Waals surface area contributed by atoms with Crippen LogP contribution in [0.3, 0.4) is 0 Å². The molecule has 3 aromatic rings. The fourth-order valence-corrected chi connectivity index (χ4v) is 4.79. The molecule has 0 bridgehead atoms. The van der Waals surface area contributed by atoms with Gasteiger partial charge in [-0.1, -0.05) is 6.07 Å². The zero-order valence-electron chi connectivity index (χ0n) is 22.6. The van der Waals surface area contributed by atoms with Gasteiger partial charge < -0.3 is 29.0 Å². The van der Waals surface area contributed by atoms with Crippen LogP contribution in [0, 0.1) is 0 Å². The molecule has 0 saturated carbocycles. The molecule has 0 fully saturated rings. The highest BCUT2D eigenvalue weighted by atomic mass is 16.5. The van der Waals surface area contributed by atoms with Crippen molar-refractivity contribution in [3.05, 3.63) is 75.4 Å². The number of benzene rings is 2. The number of ketones is 1. The van der Waals surface area contributed by atoms with Crippen LogP contribution in [-0.2, 0) is 11.2 Å². The van der Waals surface area contributed by atoms with Gasteiger partial charge in [-0.15, -0.1) is 0 Å². The van der Waals surface area contributed by atoms with Gasteiger partial charge in [0.05, 0.1) is 34.5 Å². The minimum Gasteiger partial charge on any atom is -0.493 e. The molecule has 0 spiro atoms. The number of methoxy groups -OCH3 is 4. The van der Waals surface area contributed by atoms with Gasteiger partial charge in [-0.25, -0.2) is 0 Å². The molecular weight excluding hydrogens is 502 g/mol. The largest absolute Gasteiger partial charge is 0.493 e. The fraction of sp³-hybridized carbons (Fsp3) is 0.300. The van der Waals surface area contributed by atoms with Gasteiger partial charge in [0.2, 0.25) is 11.2 Å². The summed E-state index contributed by atoms with van der Waals surface area (Å²) in [6.07, 6.45) is 1.07. The number of nitrogens with one attached hydrogen (secondary N) is 1. The van der Waals surface area contributed by atoms with Crippen molar-refractivity contribution < 1.29 is 33.3 Å². The van der Waals surface area contributed by atoms with E-state index in [-0.39, 0.29) is 29.5 Å². The van der Waals surface area contributed by atoms with Gasteiger partial charge in [0, 0.05) is 11.1 Å². The summed E-state index contributed by atoms with van der Waals surface area (Å²) in [4.78, 5) is 37.5. The summed E-state index contributed by atoms with van der Waals surface area (Å²) < 4.78 is 27.9. The molecule has 1 amide bonds. The first-order valence-corrected chi connectivity index (χ1v) is 12.4. The number of fused-ring (bicyclic) bond motifs is 3. The van der Waals surface area contributed by atoms with E-state index in [0.717, 1.165) is 11.1 Å². The van der Waals surface area contributed by atoms with Crippen molar-refractivity contribution in [2.45, 2.75) is 25.8 Å². The Morgan fingerprint density at radius 1 is 0.872 bits per heavy atom. The van der Waals surface area contributed by atoms with Crippen LogP contribution in [-0.4, -0.2) is 46.7 Å². The first-order chi connectivity index (χ1) is 18.8. The van der Waals surface area contributed by atoms with Crippen molar-refractivity contribution in [1.82, 2.24) is 5.32 Å². The normalized spacial score (nSPS) is 13.7. The van der Waals surface area contributed by atoms with Crippen LogP contribution in [0.5, 0.6) is 28.7 Å². The molecule has 0 radical (unpaired) electrons. The second-order valence-electron chi connectivity index (χ2n) is 8.99. The number of aryl methyl sites for hydroxylation is 1. The molecule has 1 N–H and O–H groups in total. The highest BCUT2D eigenvalue weighted by molar-refractivity contribution is 5.94. The minimum atomic E-state index is -0.505. The molecule has 0 aromatic heterocycles. The van der Waals surface area contributed by atoms with Crippen molar-refractivity contribution in [3.8, 4) is 39.9 Å². The molecule has 1 atom stereocenters. The maximum absolute atomic E-state index is 13.0. The predicted octanol–water partition coefficient (Wildman–Crippen LogP) is 4.13. The van der Waals surface area contributed by atoms with E-state index in [0.29, 0.717) is 52.5 Å². The average Bonchev–Trinajstić information content (AvgIpc) is 3.19. The minimum absolute atomic E-state index is 0.0540. The third-order valence-corrected chi connectivity index (χ3v) is 6.69. The first-order valence-electron chi connectivity index (χ1n) is 12.4. The number of rotatable bonds is 9. The molecule has 0 saturated heterocycles. The highest BCUT2D eigenvalue weighted by Gasteiger charge is 2.30. The average molecular weight is 534 g/mol. The SMILES string of the molecule is COc1cc2c(c(OC)c1OC)-c1ccc(OC)c(=O)cc1[C@@H](NC(=O)COc1ccc(C(C)=O)cc1)CC2. The molecule has 1 aliphatic rings. The van der Waals surface area contributed by atoms with Crippen molar-refractivity contribution in [3.63, 3.8) is 0 Å². The van der Waals surface area contributed by atoms with Crippen LogP contribution in [0.25, 0.3) is 11.1 Å². The number of carbonyl (C=O) groups excluding carboxylic acids is 2. The molecule has 39 heavy (non-hydrogen) atoms. The molecular formula is C30H31NO8. The molecule has 0 heterocycles. The first kappa shape index (κ1) is 27.5.